The van der Waals surface area contributed by atoms with Gasteiger partial charge in [-0.15, -0.1) is 0 Å². The Bertz CT molecular complexity index is 4180. The molecule has 0 radical (unpaired) electrons. The smallest absolute Gasteiger partial charge is 0.137 e. The van der Waals surface area contributed by atoms with E-state index in [2.05, 4.69) is 281 Å². The van der Waals surface area contributed by atoms with Crippen LogP contribution in [0.2, 0.25) is 0 Å². The molecule has 0 amide bonds. The minimum absolute atomic E-state index is 0.0418. The van der Waals surface area contributed by atoms with Gasteiger partial charge in [0.15, 0.2) is 0 Å². The number of rotatable bonds is 7. The number of aromatic nitrogens is 3. The molecule has 1 aliphatic rings. The van der Waals surface area contributed by atoms with Crippen LogP contribution in [-0.4, -0.2) is 20.8 Å². The van der Waals surface area contributed by atoms with Crippen LogP contribution in [-0.2, 0) is 16.2 Å². The molecule has 0 fully saturated rings. The van der Waals surface area contributed by atoms with Crippen molar-refractivity contribution in [2.75, 3.05) is 16.5 Å². The van der Waals surface area contributed by atoms with Gasteiger partial charge in [0.2, 0.25) is 0 Å². The average Bonchev–Trinajstić information content (AvgIpc) is 4.28. The van der Waals surface area contributed by atoms with E-state index in [0.29, 0.717) is 6.67 Å². The molecule has 9 aromatic carbocycles. The Hall–Kier alpha value is -8.61. The molecule has 6 nitrogen and oxygen atoms in total. The molecule has 3 aromatic heterocycles. The zero-order chi connectivity index (χ0) is 52.3. The summed E-state index contributed by atoms with van der Waals surface area (Å²) in [7, 11) is 0. The molecular weight excluding hydrogens is 927 g/mol. The van der Waals surface area contributed by atoms with E-state index in [1.54, 1.807) is 0 Å². The van der Waals surface area contributed by atoms with Gasteiger partial charge in [0, 0.05) is 62.5 Å². The van der Waals surface area contributed by atoms with Crippen molar-refractivity contribution in [3.8, 4) is 34.1 Å². The third-order valence-corrected chi connectivity index (χ3v) is 15.7. The van der Waals surface area contributed by atoms with Gasteiger partial charge in [-0.3, -0.25) is 4.57 Å². The zero-order valence-electron chi connectivity index (χ0n) is 45.0. The summed E-state index contributed by atoms with van der Waals surface area (Å²) in [6.07, 6.45) is 1.94. The number of para-hydroxylation sites is 3. The maximum atomic E-state index is 7.00. The SMILES string of the molecule is CC(C)(C)c1cc(N2CN(c3cccc(Oc4ccc5c6cc(-n7c8ccccc8c8ccccc87)ccc6n(-c6cc(C(C)(C)C)ccn6)c5c4)c3)c3cccc(-c4cccc5ccccc45)c32)cc(C(C)(C)C)c1. The second-order valence-electron chi connectivity index (χ2n) is 23.8. The normalized spacial score (nSPS) is 13.2. The summed E-state index contributed by atoms with van der Waals surface area (Å²) in [5.41, 5.74) is 16.3. The Morgan fingerprint density at radius 3 is 1.71 bits per heavy atom. The third-order valence-electron chi connectivity index (χ3n) is 15.7. The number of benzene rings is 9. The van der Waals surface area contributed by atoms with E-state index in [9.17, 15) is 0 Å². The molecule has 0 spiro atoms. The summed E-state index contributed by atoms with van der Waals surface area (Å²) in [6.45, 7) is 21.3. The number of hydrogen-bond acceptors (Lipinski definition) is 4. The summed E-state index contributed by atoms with van der Waals surface area (Å²) in [6, 6.07) is 73.2. The summed E-state index contributed by atoms with van der Waals surface area (Å²) in [5, 5.41) is 7.23. The van der Waals surface area contributed by atoms with Crippen LogP contribution >= 0.6 is 0 Å². The lowest BCUT2D eigenvalue weighted by atomic mass is 9.80. The van der Waals surface area contributed by atoms with Gasteiger partial charge in [-0.1, -0.05) is 165 Å². The van der Waals surface area contributed by atoms with Crippen molar-refractivity contribution >= 4 is 77.1 Å². The Morgan fingerprint density at radius 2 is 0.987 bits per heavy atom. The lowest BCUT2D eigenvalue weighted by molar-refractivity contribution is 0.483. The van der Waals surface area contributed by atoms with E-state index in [4.69, 9.17) is 9.72 Å². The van der Waals surface area contributed by atoms with Crippen LogP contribution in [0.1, 0.15) is 79.0 Å². The van der Waals surface area contributed by atoms with E-state index in [1.165, 1.54) is 71.8 Å². The molecule has 0 atom stereocenters. The first-order valence-corrected chi connectivity index (χ1v) is 26.7. The lowest BCUT2D eigenvalue weighted by Gasteiger charge is -2.30. The maximum Gasteiger partial charge on any atom is 0.137 e. The fraction of sp³-hybridized carbons (Fsp3) is 0.186. The number of ether oxygens (including phenoxy) is 1. The van der Waals surface area contributed by atoms with Crippen LogP contribution in [0.15, 0.2) is 206 Å². The van der Waals surface area contributed by atoms with Gasteiger partial charge in [0.25, 0.3) is 0 Å². The highest BCUT2D eigenvalue weighted by Crippen LogP contribution is 2.52. The highest BCUT2D eigenvalue weighted by Gasteiger charge is 2.33. The first kappa shape index (κ1) is 47.1. The zero-order valence-corrected chi connectivity index (χ0v) is 45.0. The van der Waals surface area contributed by atoms with Crippen LogP contribution in [0.5, 0.6) is 11.5 Å². The molecule has 13 rings (SSSR count). The molecule has 374 valence electrons. The van der Waals surface area contributed by atoms with Crippen molar-refractivity contribution in [1.82, 2.24) is 14.1 Å². The van der Waals surface area contributed by atoms with E-state index < -0.39 is 0 Å². The number of hydrogen-bond donors (Lipinski definition) is 0. The number of anilines is 4. The lowest BCUT2D eigenvalue weighted by Crippen LogP contribution is -2.25. The summed E-state index contributed by atoms with van der Waals surface area (Å²) in [5.74, 6) is 2.38. The first-order chi connectivity index (χ1) is 36.6. The minimum atomic E-state index is -0.0599. The fourth-order valence-corrected chi connectivity index (χ4v) is 11.6. The molecule has 1 aliphatic heterocycles. The molecule has 0 saturated carbocycles. The predicted octanol–water partition coefficient (Wildman–Crippen LogP) is 19.0. The molecule has 0 N–H and O–H groups in total. The van der Waals surface area contributed by atoms with E-state index in [1.807, 2.05) is 6.20 Å². The number of fused-ring (bicyclic) bond motifs is 8. The molecule has 0 bridgehead atoms. The van der Waals surface area contributed by atoms with Crippen molar-refractivity contribution in [3.05, 3.63) is 223 Å². The Kier molecular flexibility index (Phi) is 10.8. The Labute approximate surface area is 446 Å². The van der Waals surface area contributed by atoms with Crippen molar-refractivity contribution < 1.29 is 4.74 Å². The minimum Gasteiger partial charge on any atom is -0.457 e. The van der Waals surface area contributed by atoms with E-state index >= 15 is 0 Å². The highest BCUT2D eigenvalue weighted by atomic mass is 16.5. The van der Waals surface area contributed by atoms with Crippen LogP contribution in [0.3, 0.4) is 0 Å². The van der Waals surface area contributed by atoms with Crippen molar-refractivity contribution in [3.63, 3.8) is 0 Å². The van der Waals surface area contributed by atoms with E-state index in [-0.39, 0.29) is 16.2 Å². The van der Waals surface area contributed by atoms with Gasteiger partial charge in [-0.2, -0.15) is 0 Å². The van der Waals surface area contributed by atoms with Crippen LogP contribution in [0.25, 0.3) is 77.0 Å². The largest absolute Gasteiger partial charge is 0.457 e. The van der Waals surface area contributed by atoms with Crippen molar-refractivity contribution in [1.29, 1.82) is 0 Å². The maximum absolute atomic E-state index is 7.00. The molecule has 12 aromatic rings. The van der Waals surface area contributed by atoms with Gasteiger partial charge in [-0.25, -0.2) is 4.98 Å². The van der Waals surface area contributed by atoms with E-state index in [0.717, 1.165) is 56.2 Å². The summed E-state index contributed by atoms with van der Waals surface area (Å²) < 4.78 is 11.7. The van der Waals surface area contributed by atoms with Gasteiger partial charge < -0.3 is 19.1 Å². The quantitative estimate of drug-likeness (QED) is 0.159. The molecule has 0 aliphatic carbocycles. The second-order valence-corrected chi connectivity index (χ2v) is 23.8. The highest BCUT2D eigenvalue weighted by molar-refractivity contribution is 6.12. The van der Waals surface area contributed by atoms with Gasteiger partial charge >= 0.3 is 0 Å². The third kappa shape index (κ3) is 7.97. The van der Waals surface area contributed by atoms with Crippen LogP contribution in [0, 0.1) is 0 Å². The van der Waals surface area contributed by atoms with Crippen molar-refractivity contribution in [2.24, 2.45) is 0 Å². The fourth-order valence-electron chi connectivity index (χ4n) is 11.6. The van der Waals surface area contributed by atoms with Gasteiger partial charge in [0.1, 0.15) is 24.0 Å². The molecule has 76 heavy (non-hydrogen) atoms. The predicted molar refractivity (Wildman–Crippen MR) is 321 cm³/mol. The Morgan fingerprint density at radius 1 is 0.382 bits per heavy atom. The monoisotopic (exact) mass is 990 g/mol. The van der Waals surface area contributed by atoms with Crippen molar-refractivity contribution in [2.45, 2.75) is 78.6 Å². The molecule has 0 saturated heterocycles. The van der Waals surface area contributed by atoms with Crippen LogP contribution < -0.4 is 14.5 Å². The first-order valence-electron chi connectivity index (χ1n) is 26.7. The molecule has 0 unspecified atom stereocenters. The summed E-state index contributed by atoms with van der Waals surface area (Å²) in [4.78, 5) is 10.0. The molecular formula is C70H63N5O. The van der Waals surface area contributed by atoms with Gasteiger partial charge in [-0.05, 0) is 134 Å². The topological polar surface area (TPSA) is 38.5 Å². The van der Waals surface area contributed by atoms with Gasteiger partial charge in [0.05, 0.1) is 33.4 Å². The Balaban J connectivity index is 0.933. The standard InChI is InChI=1S/C70H63N5O/c1-68(2,3)46-35-36-71-66(40-46)75-63-34-31-50(74-61-28-14-12-24-56(61)57-25-13-15-29-62(57)74)42-60(63)58-33-32-53(43-65(58)75)76-52-22-17-21-49(41-52)72-44-73(51-38-47(69(4,5)6)37-48(39-51)70(7,8)9)67-59(27-18-30-64(67)72)55-26-16-20-45-19-10-11-23-54(45)55/h10-43H,44H2,1-9H3. The average molecular weight is 990 g/mol. The molecule has 6 heteroatoms. The second kappa shape index (κ2) is 17.5. The summed E-state index contributed by atoms with van der Waals surface area (Å²) >= 11 is 0. The van der Waals surface area contributed by atoms with Crippen LogP contribution in [0.4, 0.5) is 22.7 Å². The molecule has 4 heterocycles. The number of nitrogens with zero attached hydrogens (tertiary/aromatic N) is 5. The number of pyridine rings is 1.